The number of anilines is 3. The zero-order chi connectivity index (χ0) is 42.4. The largest absolute Gasteiger partial charge is 0.359 e. The van der Waals surface area contributed by atoms with Crippen molar-refractivity contribution < 1.29 is 24.0 Å². The number of amidine groups is 1. The van der Waals surface area contributed by atoms with E-state index in [2.05, 4.69) is 67.7 Å². The lowest BCUT2D eigenvalue weighted by molar-refractivity contribution is -0.121. The molecule has 1 spiro atoms. The summed E-state index contributed by atoms with van der Waals surface area (Å²) in [6.45, 7) is 2.61. The lowest BCUT2D eigenvalue weighted by Crippen LogP contribution is -2.40. The van der Waals surface area contributed by atoms with Crippen LogP contribution in [0.2, 0.25) is 0 Å². The number of nitrogens with one attached hydrogen (secondary N) is 2. The predicted octanol–water partition coefficient (Wildman–Crippen LogP) is 8.71. The fourth-order valence-electron chi connectivity index (χ4n) is 10.2. The Balaban J connectivity index is 0.000000183. The SMILES string of the molecule is CN=C1N(c2cccc(Br)c2C=O)c2cc(C3CCN(C)CC3)ccc2C12CCCCC2.CNC(=O)CCC(C=O)N1Cc2cc(NC(=O)C3CCCCC3)ccc2C1=O. The molecule has 12 heteroatoms. The Bertz CT molecular complexity index is 2120. The number of carbonyl (C=O) groups excluding carboxylic acids is 5. The smallest absolute Gasteiger partial charge is 0.255 e. The second kappa shape index (κ2) is 19.4. The molecule has 11 nitrogen and oxygen atoms in total. The molecule has 3 aromatic carbocycles. The summed E-state index contributed by atoms with van der Waals surface area (Å²) in [5.74, 6) is 1.42. The number of fused-ring (bicyclic) bond motifs is 3. The van der Waals surface area contributed by atoms with Crippen LogP contribution in [-0.2, 0) is 26.3 Å². The van der Waals surface area contributed by atoms with Crippen molar-refractivity contribution in [3.63, 3.8) is 0 Å². The van der Waals surface area contributed by atoms with Crippen molar-refractivity contribution in [3.8, 4) is 0 Å². The fourth-order valence-corrected chi connectivity index (χ4v) is 10.7. The lowest BCUT2D eigenvalue weighted by atomic mass is 9.69. The molecule has 318 valence electrons. The van der Waals surface area contributed by atoms with Crippen LogP contribution < -0.4 is 15.5 Å². The maximum atomic E-state index is 12.7. The minimum atomic E-state index is -0.641. The van der Waals surface area contributed by atoms with Gasteiger partial charge in [0.2, 0.25) is 11.8 Å². The maximum absolute atomic E-state index is 12.7. The first kappa shape index (κ1) is 43.4. The number of aliphatic imine (C=N–C) groups is 1. The molecule has 3 amide bonds. The Morgan fingerprint density at radius 1 is 0.933 bits per heavy atom. The number of hydrogen-bond acceptors (Lipinski definition) is 7. The highest BCUT2D eigenvalue weighted by molar-refractivity contribution is 9.10. The topological polar surface area (TPSA) is 131 Å². The molecule has 1 atom stereocenters. The second-order valence-corrected chi connectivity index (χ2v) is 18.1. The molecular formula is C48H59BrN6O5. The van der Waals surface area contributed by atoms with Gasteiger partial charge in [-0.2, -0.15) is 0 Å². The molecule has 2 aliphatic carbocycles. The van der Waals surface area contributed by atoms with Crippen molar-refractivity contribution in [3.05, 3.63) is 86.9 Å². The van der Waals surface area contributed by atoms with Crippen molar-refractivity contribution in [1.82, 2.24) is 15.1 Å². The van der Waals surface area contributed by atoms with E-state index in [0.29, 0.717) is 29.3 Å². The highest BCUT2D eigenvalue weighted by atomic mass is 79.9. The van der Waals surface area contributed by atoms with Crippen LogP contribution in [-0.4, -0.2) is 86.2 Å². The van der Waals surface area contributed by atoms with E-state index in [1.165, 1.54) is 67.3 Å². The number of benzene rings is 3. The molecule has 60 heavy (non-hydrogen) atoms. The number of halogens is 1. The summed E-state index contributed by atoms with van der Waals surface area (Å²) in [7, 11) is 5.67. The van der Waals surface area contributed by atoms with Gasteiger partial charge >= 0.3 is 0 Å². The first-order valence-electron chi connectivity index (χ1n) is 21.9. The van der Waals surface area contributed by atoms with Crippen molar-refractivity contribution >= 4 is 69.1 Å². The van der Waals surface area contributed by atoms with Crippen LogP contribution in [0.4, 0.5) is 17.1 Å². The molecule has 0 radical (unpaired) electrons. The molecular weight excluding hydrogens is 820 g/mol. The van der Waals surface area contributed by atoms with Crippen LogP contribution in [0.1, 0.15) is 133 Å². The quantitative estimate of drug-likeness (QED) is 0.195. The van der Waals surface area contributed by atoms with E-state index >= 15 is 0 Å². The summed E-state index contributed by atoms with van der Waals surface area (Å²) in [6, 6.07) is 17.8. The highest BCUT2D eigenvalue weighted by Gasteiger charge is 2.50. The Kier molecular flexibility index (Phi) is 14.0. The molecule has 3 aromatic rings. The van der Waals surface area contributed by atoms with Gasteiger partial charge in [0.15, 0.2) is 6.29 Å². The van der Waals surface area contributed by atoms with Crippen LogP contribution in [0.5, 0.6) is 0 Å². The van der Waals surface area contributed by atoms with Crippen LogP contribution >= 0.6 is 15.9 Å². The summed E-state index contributed by atoms with van der Waals surface area (Å²) >= 11 is 3.60. The van der Waals surface area contributed by atoms with Gasteiger partial charge in [-0.3, -0.25) is 29.1 Å². The maximum Gasteiger partial charge on any atom is 0.255 e. The van der Waals surface area contributed by atoms with Gasteiger partial charge in [-0.25, -0.2) is 0 Å². The second-order valence-electron chi connectivity index (χ2n) is 17.2. The van der Waals surface area contributed by atoms with E-state index in [1.54, 1.807) is 12.1 Å². The van der Waals surface area contributed by atoms with Gasteiger partial charge in [0.1, 0.15) is 12.1 Å². The predicted molar refractivity (Wildman–Crippen MR) is 240 cm³/mol. The third-order valence-electron chi connectivity index (χ3n) is 13.6. The van der Waals surface area contributed by atoms with Crippen molar-refractivity contribution in [2.45, 2.75) is 114 Å². The third-order valence-corrected chi connectivity index (χ3v) is 14.3. The molecule has 3 aliphatic heterocycles. The summed E-state index contributed by atoms with van der Waals surface area (Å²) in [5.41, 5.74) is 7.63. The molecule has 5 aliphatic rings. The first-order chi connectivity index (χ1) is 29.1. The van der Waals surface area contributed by atoms with Gasteiger partial charge in [-0.1, -0.05) is 56.7 Å². The van der Waals surface area contributed by atoms with Crippen LogP contribution in [0.15, 0.2) is 64.1 Å². The number of likely N-dealkylation sites (tertiary alicyclic amines) is 1. The molecule has 3 fully saturated rings. The number of rotatable bonds is 10. The van der Waals surface area contributed by atoms with Gasteiger partial charge < -0.3 is 25.2 Å². The first-order valence-corrected chi connectivity index (χ1v) is 22.7. The average molecular weight is 880 g/mol. The summed E-state index contributed by atoms with van der Waals surface area (Å²) in [4.78, 5) is 71.3. The summed E-state index contributed by atoms with van der Waals surface area (Å²) in [5, 5.41) is 5.49. The minimum absolute atomic E-state index is 0.0391. The Morgan fingerprint density at radius 3 is 2.35 bits per heavy atom. The average Bonchev–Trinajstić information content (AvgIpc) is 3.74. The molecule has 0 bridgehead atoms. The molecule has 2 N–H and O–H groups in total. The molecule has 0 aromatic heterocycles. The van der Waals surface area contributed by atoms with Crippen LogP contribution in [0.25, 0.3) is 0 Å². The van der Waals surface area contributed by atoms with E-state index < -0.39 is 6.04 Å². The normalized spacial score (nSPS) is 20.3. The highest BCUT2D eigenvalue weighted by Crippen LogP contribution is 2.54. The zero-order valence-electron chi connectivity index (χ0n) is 35.3. The lowest BCUT2D eigenvalue weighted by Gasteiger charge is -2.35. The van der Waals surface area contributed by atoms with Gasteiger partial charge in [-0.05, 0) is 140 Å². The number of piperidine rings is 1. The van der Waals surface area contributed by atoms with E-state index in [-0.39, 0.29) is 41.9 Å². The molecule has 1 saturated heterocycles. The minimum Gasteiger partial charge on any atom is -0.359 e. The van der Waals surface area contributed by atoms with Gasteiger partial charge in [-0.15, -0.1) is 0 Å². The number of carbonyl (C=O) groups is 5. The zero-order valence-corrected chi connectivity index (χ0v) is 36.9. The summed E-state index contributed by atoms with van der Waals surface area (Å²) in [6.07, 6.45) is 15.8. The van der Waals surface area contributed by atoms with Crippen LogP contribution in [0, 0.1) is 5.92 Å². The van der Waals surface area contributed by atoms with Gasteiger partial charge in [0.25, 0.3) is 5.91 Å². The monoisotopic (exact) mass is 878 g/mol. The molecule has 8 rings (SSSR count). The number of aldehydes is 2. The molecule has 1 unspecified atom stereocenters. The van der Waals surface area contributed by atoms with Crippen molar-refractivity contribution in [1.29, 1.82) is 0 Å². The van der Waals surface area contributed by atoms with Gasteiger partial charge in [0.05, 0.1) is 28.4 Å². The van der Waals surface area contributed by atoms with Crippen LogP contribution in [0.3, 0.4) is 0 Å². The van der Waals surface area contributed by atoms with E-state index in [0.717, 1.165) is 85.7 Å². The van der Waals surface area contributed by atoms with E-state index in [9.17, 15) is 24.0 Å². The molecule has 2 saturated carbocycles. The van der Waals surface area contributed by atoms with E-state index in [4.69, 9.17) is 4.99 Å². The van der Waals surface area contributed by atoms with E-state index in [1.807, 2.05) is 25.2 Å². The number of hydrogen-bond donors (Lipinski definition) is 2. The third kappa shape index (κ3) is 8.86. The standard InChI is InChI=1S/C27H32BrN3O.C21H27N3O4/c1-29-26-27(13-4-3-5-14-27)22-10-9-20(19-11-15-30(2)16-12-19)17-25(22)31(26)24-8-6-7-23(28)21(24)18-32;1-22-19(26)10-8-17(13-25)24-12-15-11-16(7-9-18(15)21(24)28)23-20(27)14-5-3-2-4-6-14/h6-10,17-19H,3-5,11-16H2,1-2H3;7,9,11,13-14,17H,2-6,8,10,12H2,1H3,(H,22,26)(H,23,27). The van der Waals surface area contributed by atoms with Gasteiger partial charge in [0, 0.05) is 48.7 Å². The Labute approximate surface area is 362 Å². The Morgan fingerprint density at radius 2 is 1.67 bits per heavy atom. The molecule has 3 heterocycles. The summed E-state index contributed by atoms with van der Waals surface area (Å²) < 4.78 is 0.832. The number of amides is 3. The van der Waals surface area contributed by atoms with Crippen molar-refractivity contribution in [2.75, 3.05) is 44.4 Å². The number of nitrogens with zero attached hydrogens (tertiary/aromatic N) is 4. The fraction of sp³-hybridized carbons (Fsp3) is 0.500. The Hall–Kier alpha value is -4.68. The van der Waals surface area contributed by atoms with Crippen molar-refractivity contribution in [2.24, 2.45) is 10.9 Å².